The maximum atomic E-state index is 12.7. The van der Waals surface area contributed by atoms with Gasteiger partial charge in [0.25, 0.3) is 0 Å². The first-order chi connectivity index (χ1) is 9.87. The summed E-state index contributed by atoms with van der Waals surface area (Å²) >= 11 is 0. The molecular formula is C16H32N2O3. The highest BCUT2D eigenvalue weighted by atomic mass is 16.4. The third-order valence-corrected chi connectivity index (χ3v) is 3.94. The molecule has 0 rings (SSSR count). The fourth-order valence-electron chi connectivity index (χ4n) is 2.36. The van der Waals surface area contributed by atoms with Crippen LogP contribution in [0.15, 0.2) is 0 Å². The Balaban J connectivity index is 4.70. The van der Waals surface area contributed by atoms with Crippen molar-refractivity contribution in [3.63, 3.8) is 0 Å². The number of rotatable bonds is 10. The van der Waals surface area contributed by atoms with E-state index in [0.29, 0.717) is 25.4 Å². The zero-order valence-corrected chi connectivity index (χ0v) is 14.3. The van der Waals surface area contributed by atoms with Gasteiger partial charge in [-0.15, -0.1) is 0 Å². The average molecular weight is 300 g/mol. The molecule has 1 N–H and O–H groups in total. The molecule has 124 valence electrons. The lowest BCUT2D eigenvalue weighted by atomic mass is 10.0. The quantitative estimate of drug-likeness (QED) is 0.672. The van der Waals surface area contributed by atoms with E-state index in [1.807, 2.05) is 25.7 Å². The van der Waals surface area contributed by atoms with E-state index >= 15 is 0 Å². The van der Waals surface area contributed by atoms with Gasteiger partial charge in [-0.3, -0.25) is 4.79 Å². The Morgan fingerprint density at radius 2 is 1.67 bits per heavy atom. The summed E-state index contributed by atoms with van der Waals surface area (Å²) in [6.45, 7) is 12.2. The van der Waals surface area contributed by atoms with Gasteiger partial charge < -0.3 is 14.9 Å². The van der Waals surface area contributed by atoms with Crippen LogP contribution in [0.2, 0.25) is 0 Å². The Morgan fingerprint density at radius 1 is 1.10 bits per heavy atom. The number of carbonyl (C=O) groups is 2. The summed E-state index contributed by atoms with van der Waals surface area (Å²) in [6.07, 6.45) is 2.75. The second-order valence-electron chi connectivity index (χ2n) is 5.79. The Morgan fingerprint density at radius 3 is 2.05 bits per heavy atom. The Bertz CT molecular complexity index is 315. The first kappa shape index (κ1) is 19.7. The number of urea groups is 1. The molecule has 0 atom stereocenters. The molecule has 5 nitrogen and oxygen atoms in total. The second-order valence-corrected chi connectivity index (χ2v) is 5.79. The van der Waals surface area contributed by atoms with Crippen LogP contribution in [0, 0.1) is 5.92 Å². The van der Waals surface area contributed by atoms with Gasteiger partial charge in [-0.2, -0.15) is 0 Å². The Labute approximate surface area is 129 Å². The number of nitrogens with zero attached hydrogens (tertiary/aromatic N) is 2. The van der Waals surface area contributed by atoms with E-state index in [1.165, 1.54) is 0 Å². The van der Waals surface area contributed by atoms with Gasteiger partial charge in [-0.05, 0) is 33.1 Å². The molecule has 0 aromatic heterocycles. The number of carbonyl (C=O) groups excluding carboxylic acids is 1. The summed E-state index contributed by atoms with van der Waals surface area (Å²) in [7, 11) is 0. The van der Waals surface area contributed by atoms with Crippen LogP contribution in [-0.2, 0) is 4.79 Å². The number of carboxylic acid groups (broad SMARTS) is 1. The van der Waals surface area contributed by atoms with Gasteiger partial charge in [0.05, 0.1) is 0 Å². The molecule has 0 fully saturated rings. The highest BCUT2D eigenvalue weighted by Gasteiger charge is 2.23. The topological polar surface area (TPSA) is 60.9 Å². The van der Waals surface area contributed by atoms with E-state index in [-0.39, 0.29) is 18.5 Å². The molecule has 0 heterocycles. The van der Waals surface area contributed by atoms with Crippen molar-refractivity contribution in [1.29, 1.82) is 0 Å². The lowest BCUT2D eigenvalue weighted by Gasteiger charge is -2.34. The number of aliphatic carboxylic acids is 1. The lowest BCUT2D eigenvalue weighted by Crippen LogP contribution is -2.48. The van der Waals surface area contributed by atoms with Crippen molar-refractivity contribution in [1.82, 2.24) is 9.80 Å². The van der Waals surface area contributed by atoms with Crippen LogP contribution in [0.25, 0.3) is 0 Å². The summed E-state index contributed by atoms with van der Waals surface area (Å²) < 4.78 is 0. The molecule has 5 heteroatoms. The molecule has 0 aliphatic carbocycles. The van der Waals surface area contributed by atoms with Crippen molar-refractivity contribution in [2.24, 2.45) is 5.92 Å². The first-order valence-electron chi connectivity index (χ1n) is 8.14. The summed E-state index contributed by atoms with van der Waals surface area (Å²) in [4.78, 5) is 27.0. The first-order valence-corrected chi connectivity index (χ1v) is 8.14. The molecule has 21 heavy (non-hydrogen) atoms. The smallest absolute Gasteiger partial charge is 0.320 e. The van der Waals surface area contributed by atoms with E-state index < -0.39 is 5.97 Å². The van der Waals surface area contributed by atoms with Crippen LogP contribution in [0.4, 0.5) is 4.79 Å². The van der Waals surface area contributed by atoms with Gasteiger partial charge >= 0.3 is 12.0 Å². The summed E-state index contributed by atoms with van der Waals surface area (Å²) in [5, 5.41) is 8.73. The molecule has 0 unspecified atom stereocenters. The lowest BCUT2D eigenvalue weighted by molar-refractivity contribution is -0.137. The van der Waals surface area contributed by atoms with Crippen molar-refractivity contribution < 1.29 is 14.7 Å². The monoisotopic (exact) mass is 300 g/mol. The van der Waals surface area contributed by atoms with E-state index in [9.17, 15) is 9.59 Å². The predicted molar refractivity (Wildman–Crippen MR) is 85.4 cm³/mol. The van der Waals surface area contributed by atoms with Crippen LogP contribution < -0.4 is 0 Å². The van der Waals surface area contributed by atoms with Crippen LogP contribution in [0.3, 0.4) is 0 Å². The third-order valence-electron chi connectivity index (χ3n) is 3.94. The minimum Gasteiger partial charge on any atom is -0.481 e. The Kier molecular flexibility index (Phi) is 9.84. The van der Waals surface area contributed by atoms with Crippen LogP contribution in [-0.4, -0.2) is 52.6 Å². The van der Waals surface area contributed by atoms with Crippen LogP contribution in [0.5, 0.6) is 0 Å². The predicted octanol–water partition coefficient (Wildman–Crippen LogP) is 3.44. The number of amides is 2. The SMILES string of the molecule is CCC(CC)CN(CC)C(=O)N(CCCC(=O)O)C(C)C. The van der Waals surface area contributed by atoms with Crippen molar-refractivity contribution in [2.45, 2.75) is 66.3 Å². The van der Waals surface area contributed by atoms with Crippen molar-refractivity contribution in [3.05, 3.63) is 0 Å². The summed E-state index contributed by atoms with van der Waals surface area (Å²) in [5.74, 6) is -0.280. The van der Waals surface area contributed by atoms with Crippen LogP contribution in [0.1, 0.15) is 60.3 Å². The normalized spacial score (nSPS) is 11.0. The van der Waals surface area contributed by atoms with Gasteiger partial charge in [0, 0.05) is 32.1 Å². The number of hydrogen-bond donors (Lipinski definition) is 1. The van der Waals surface area contributed by atoms with Gasteiger partial charge in [-0.1, -0.05) is 26.7 Å². The summed E-state index contributed by atoms with van der Waals surface area (Å²) in [5.41, 5.74) is 0. The van der Waals surface area contributed by atoms with Gasteiger partial charge in [-0.25, -0.2) is 4.79 Å². The maximum absolute atomic E-state index is 12.7. The average Bonchev–Trinajstić information content (AvgIpc) is 2.43. The molecule has 0 saturated heterocycles. The van der Waals surface area contributed by atoms with Gasteiger partial charge in [0.15, 0.2) is 0 Å². The standard InChI is InChI=1S/C16H32N2O3/c1-6-14(7-2)12-17(8-3)16(21)18(13(4)5)11-9-10-15(19)20/h13-14H,6-12H2,1-5H3,(H,19,20). The highest BCUT2D eigenvalue weighted by molar-refractivity contribution is 5.75. The van der Waals surface area contributed by atoms with E-state index in [1.54, 1.807) is 4.90 Å². The number of carboxylic acids is 1. The van der Waals surface area contributed by atoms with Gasteiger partial charge in [0.2, 0.25) is 0 Å². The maximum Gasteiger partial charge on any atom is 0.320 e. The second kappa shape index (κ2) is 10.5. The molecule has 0 aromatic rings. The molecule has 0 aliphatic rings. The van der Waals surface area contributed by atoms with Crippen LogP contribution >= 0.6 is 0 Å². The fourth-order valence-corrected chi connectivity index (χ4v) is 2.36. The summed E-state index contributed by atoms with van der Waals surface area (Å²) in [6, 6.07) is 0.117. The molecule has 0 radical (unpaired) electrons. The van der Waals surface area contributed by atoms with Crippen molar-refractivity contribution in [2.75, 3.05) is 19.6 Å². The van der Waals surface area contributed by atoms with Crippen molar-refractivity contribution in [3.8, 4) is 0 Å². The molecule has 0 aromatic carbocycles. The molecular weight excluding hydrogens is 268 g/mol. The minimum atomic E-state index is -0.810. The molecule has 2 amide bonds. The largest absolute Gasteiger partial charge is 0.481 e. The van der Waals surface area contributed by atoms with E-state index in [2.05, 4.69) is 13.8 Å². The fraction of sp³-hybridized carbons (Fsp3) is 0.875. The van der Waals surface area contributed by atoms with E-state index in [4.69, 9.17) is 5.11 Å². The minimum absolute atomic E-state index is 0.0322. The van der Waals surface area contributed by atoms with E-state index in [0.717, 1.165) is 19.4 Å². The Hall–Kier alpha value is -1.26. The third kappa shape index (κ3) is 7.34. The molecule has 0 spiro atoms. The van der Waals surface area contributed by atoms with Crippen molar-refractivity contribution >= 4 is 12.0 Å². The molecule has 0 aliphatic heterocycles. The highest BCUT2D eigenvalue weighted by Crippen LogP contribution is 2.13. The zero-order chi connectivity index (χ0) is 16.4. The zero-order valence-electron chi connectivity index (χ0n) is 14.3. The number of hydrogen-bond acceptors (Lipinski definition) is 2. The molecule has 0 saturated carbocycles. The molecule has 0 bridgehead atoms. The van der Waals surface area contributed by atoms with Gasteiger partial charge in [0.1, 0.15) is 0 Å².